The fraction of sp³-hybridized carbons (Fsp3) is 0.385. The fourth-order valence-electron chi connectivity index (χ4n) is 2.42. The van der Waals surface area contributed by atoms with Crippen LogP contribution in [0.3, 0.4) is 0 Å². The first kappa shape index (κ1) is 13.0. The molecule has 4 nitrogen and oxygen atoms in total. The Labute approximate surface area is 125 Å². The lowest BCUT2D eigenvalue weighted by Gasteiger charge is -2.40. The van der Waals surface area contributed by atoms with Gasteiger partial charge in [-0.3, -0.25) is 0 Å². The molecular weight excluding hydrogens is 324 g/mol. The maximum absolute atomic E-state index is 4.27. The molecule has 1 aromatic heterocycles. The highest BCUT2D eigenvalue weighted by atomic mass is 79.9. The van der Waals surface area contributed by atoms with E-state index in [2.05, 4.69) is 73.3 Å². The lowest BCUT2D eigenvalue weighted by molar-refractivity contribution is 0.269. The molecule has 1 fully saturated rings. The van der Waals surface area contributed by atoms with Crippen molar-refractivity contribution in [2.45, 2.75) is 6.04 Å². The molecule has 0 saturated carbocycles. The van der Waals surface area contributed by atoms with E-state index in [1.54, 1.807) is 11.3 Å². The largest absolute Gasteiger partial charge is 0.337 e. The van der Waals surface area contributed by atoms with Crippen LogP contribution < -0.4 is 4.90 Å². The molecule has 1 unspecified atom stereocenters. The average molecular weight is 339 g/mol. The van der Waals surface area contributed by atoms with E-state index >= 15 is 0 Å². The van der Waals surface area contributed by atoms with Crippen LogP contribution in [0, 0.1) is 0 Å². The van der Waals surface area contributed by atoms with Gasteiger partial charge in [-0.2, -0.15) is 0 Å². The molecule has 1 atom stereocenters. The topological polar surface area (TPSA) is 32.3 Å². The molecule has 0 amide bonds. The van der Waals surface area contributed by atoms with E-state index in [-0.39, 0.29) is 0 Å². The predicted octanol–water partition coefficient (Wildman–Crippen LogP) is 2.79. The van der Waals surface area contributed by atoms with Crippen LogP contribution in [0.25, 0.3) is 0 Å². The van der Waals surface area contributed by atoms with Gasteiger partial charge in [0.1, 0.15) is 0 Å². The summed E-state index contributed by atoms with van der Waals surface area (Å²) in [7, 11) is 2.17. The van der Waals surface area contributed by atoms with E-state index < -0.39 is 0 Å². The lowest BCUT2D eigenvalue weighted by Crippen LogP contribution is -2.46. The molecule has 6 heteroatoms. The van der Waals surface area contributed by atoms with Gasteiger partial charge in [0, 0.05) is 19.6 Å². The highest BCUT2D eigenvalue weighted by Crippen LogP contribution is 2.33. The van der Waals surface area contributed by atoms with Gasteiger partial charge in [-0.1, -0.05) is 41.7 Å². The van der Waals surface area contributed by atoms with E-state index in [9.17, 15) is 0 Å². The zero-order valence-electron chi connectivity index (χ0n) is 10.7. The van der Waals surface area contributed by atoms with Gasteiger partial charge in [0.2, 0.25) is 5.13 Å². The summed E-state index contributed by atoms with van der Waals surface area (Å²) < 4.78 is 0.841. The summed E-state index contributed by atoms with van der Waals surface area (Å²) in [5.74, 6) is 0. The van der Waals surface area contributed by atoms with Crippen LogP contribution in [0.15, 0.2) is 34.2 Å². The van der Waals surface area contributed by atoms with E-state index in [0.29, 0.717) is 6.04 Å². The minimum Gasteiger partial charge on any atom is -0.337 e. The summed E-state index contributed by atoms with van der Waals surface area (Å²) in [6.07, 6.45) is 0. The van der Waals surface area contributed by atoms with Crippen molar-refractivity contribution in [1.29, 1.82) is 0 Å². The molecule has 1 saturated heterocycles. The van der Waals surface area contributed by atoms with E-state index in [0.717, 1.165) is 28.7 Å². The zero-order chi connectivity index (χ0) is 13.2. The minimum absolute atomic E-state index is 0.347. The van der Waals surface area contributed by atoms with Crippen molar-refractivity contribution < 1.29 is 0 Å². The van der Waals surface area contributed by atoms with Gasteiger partial charge >= 0.3 is 0 Å². The smallest absolute Gasteiger partial charge is 0.209 e. The first-order valence-corrected chi connectivity index (χ1v) is 7.84. The van der Waals surface area contributed by atoms with Crippen LogP contribution in [0.1, 0.15) is 11.6 Å². The number of hydrogen-bond donors (Lipinski definition) is 0. The van der Waals surface area contributed by atoms with Gasteiger partial charge in [0.25, 0.3) is 0 Å². The summed E-state index contributed by atoms with van der Waals surface area (Å²) in [6, 6.07) is 11.0. The molecule has 3 rings (SSSR count). The van der Waals surface area contributed by atoms with Gasteiger partial charge in [0.15, 0.2) is 3.92 Å². The second kappa shape index (κ2) is 5.56. The van der Waals surface area contributed by atoms with Crippen molar-refractivity contribution in [2.24, 2.45) is 0 Å². The Hall–Kier alpha value is -0.980. The number of hydrogen-bond acceptors (Lipinski definition) is 5. The van der Waals surface area contributed by atoms with Crippen LogP contribution in [0.5, 0.6) is 0 Å². The summed E-state index contributed by atoms with van der Waals surface area (Å²) in [6.45, 7) is 3.05. The van der Waals surface area contributed by atoms with Gasteiger partial charge in [-0.25, -0.2) is 0 Å². The first-order chi connectivity index (χ1) is 9.24. The number of rotatable bonds is 2. The maximum Gasteiger partial charge on any atom is 0.209 e. The number of aromatic nitrogens is 2. The molecule has 0 bridgehead atoms. The third-order valence-corrected chi connectivity index (χ3v) is 4.80. The minimum atomic E-state index is 0.347. The van der Waals surface area contributed by atoms with E-state index in [1.807, 2.05) is 0 Å². The fourth-order valence-corrected chi connectivity index (χ4v) is 3.59. The number of anilines is 1. The third kappa shape index (κ3) is 2.80. The molecule has 0 aliphatic carbocycles. The SMILES string of the molecule is CN1CCN(c2nnc(Br)s2)C(c2ccccc2)C1. The molecule has 2 aromatic rings. The second-order valence-electron chi connectivity index (χ2n) is 4.72. The average Bonchev–Trinajstić information content (AvgIpc) is 2.86. The number of halogens is 1. The highest BCUT2D eigenvalue weighted by Gasteiger charge is 2.28. The summed E-state index contributed by atoms with van der Waals surface area (Å²) in [4.78, 5) is 4.72. The van der Waals surface area contributed by atoms with Crippen molar-refractivity contribution in [1.82, 2.24) is 15.1 Å². The van der Waals surface area contributed by atoms with Crippen molar-refractivity contribution >= 4 is 32.4 Å². The molecule has 0 radical (unpaired) electrons. The Balaban J connectivity index is 1.92. The van der Waals surface area contributed by atoms with Crippen LogP contribution in [-0.2, 0) is 0 Å². The van der Waals surface area contributed by atoms with Crippen LogP contribution >= 0.6 is 27.3 Å². The molecule has 0 spiro atoms. The normalized spacial score (nSPS) is 20.7. The van der Waals surface area contributed by atoms with E-state index in [4.69, 9.17) is 0 Å². The Kier molecular flexibility index (Phi) is 3.81. The number of piperazine rings is 1. The second-order valence-corrected chi connectivity index (χ2v) is 6.95. The molecule has 19 heavy (non-hydrogen) atoms. The number of nitrogens with zero attached hydrogens (tertiary/aromatic N) is 4. The Morgan fingerprint density at radius 1 is 1.21 bits per heavy atom. The molecular formula is C13H15BrN4S. The van der Waals surface area contributed by atoms with Gasteiger partial charge in [-0.15, -0.1) is 10.2 Å². The summed E-state index contributed by atoms with van der Waals surface area (Å²) in [5.41, 5.74) is 1.33. The van der Waals surface area contributed by atoms with Crippen LogP contribution in [-0.4, -0.2) is 41.8 Å². The summed E-state index contributed by atoms with van der Waals surface area (Å²) >= 11 is 4.99. The maximum atomic E-state index is 4.27. The van der Waals surface area contributed by atoms with Gasteiger partial charge < -0.3 is 9.80 Å². The van der Waals surface area contributed by atoms with Crippen molar-refractivity contribution in [3.05, 3.63) is 39.8 Å². The van der Waals surface area contributed by atoms with Crippen molar-refractivity contribution in [3.8, 4) is 0 Å². The van der Waals surface area contributed by atoms with Gasteiger partial charge in [0.05, 0.1) is 6.04 Å². The molecule has 1 aliphatic rings. The third-order valence-electron chi connectivity index (χ3n) is 3.40. The number of likely N-dealkylation sites (N-methyl/N-ethyl adjacent to an activating group) is 1. The molecule has 2 heterocycles. The highest BCUT2D eigenvalue weighted by molar-refractivity contribution is 9.11. The molecule has 0 N–H and O–H groups in total. The Bertz CT molecular complexity index is 545. The Morgan fingerprint density at radius 2 is 2.00 bits per heavy atom. The quantitative estimate of drug-likeness (QED) is 0.842. The van der Waals surface area contributed by atoms with Crippen LogP contribution in [0.4, 0.5) is 5.13 Å². The van der Waals surface area contributed by atoms with Gasteiger partial charge in [-0.05, 0) is 28.5 Å². The molecule has 100 valence electrons. The Morgan fingerprint density at radius 3 is 2.68 bits per heavy atom. The zero-order valence-corrected chi connectivity index (χ0v) is 13.1. The monoisotopic (exact) mass is 338 g/mol. The molecule has 1 aromatic carbocycles. The van der Waals surface area contributed by atoms with Crippen molar-refractivity contribution in [2.75, 3.05) is 31.6 Å². The summed E-state index contributed by atoms with van der Waals surface area (Å²) in [5, 5.41) is 9.33. The van der Waals surface area contributed by atoms with Crippen molar-refractivity contribution in [3.63, 3.8) is 0 Å². The first-order valence-electron chi connectivity index (χ1n) is 6.23. The standard InChI is InChI=1S/C13H15BrN4S/c1-17-7-8-18(13-16-15-12(14)19-13)11(9-17)10-5-3-2-4-6-10/h2-6,11H,7-9H2,1H3. The van der Waals surface area contributed by atoms with Crippen LogP contribution in [0.2, 0.25) is 0 Å². The lowest BCUT2D eigenvalue weighted by atomic mass is 10.0. The number of benzene rings is 1. The van der Waals surface area contributed by atoms with E-state index in [1.165, 1.54) is 5.56 Å². The predicted molar refractivity (Wildman–Crippen MR) is 81.6 cm³/mol. The molecule has 1 aliphatic heterocycles.